The fourth-order valence-corrected chi connectivity index (χ4v) is 6.48. The van der Waals surface area contributed by atoms with Crippen LogP contribution >= 0.6 is 11.6 Å². The number of carbonyl (C=O) groups is 2. The van der Waals surface area contributed by atoms with E-state index in [-0.39, 0.29) is 23.8 Å². The Morgan fingerprint density at radius 3 is 2.11 bits per heavy atom. The summed E-state index contributed by atoms with van der Waals surface area (Å²) >= 11 is 6.54. The lowest BCUT2D eigenvalue weighted by molar-refractivity contribution is -0.140. The molecule has 0 aliphatic rings. The molecule has 4 rings (SSSR count). The number of nitrogens with one attached hydrogen (secondary N) is 1. The number of nitrogens with zero attached hydrogens (tertiary/aromatic N) is 2. The largest absolute Gasteiger partial charge is 0.497 e. The normalized spacial score (nSPS) is 11.8. The van der Waals surface area contributed by atoms with Gasteiger partial charge in [-0.2, -0.15) is 0 Å². The molecule has 0 bridgehead atoms. The Balaban J connectivity index is 1.77. The Morgan fingerprint density at radius 1 is 0.867 bits per heavy atom. The number of halogens is 1. The first-order valence-electron chi connectivity index (χ1n) is 14.8. The lowest BCUT2D eigenvalue weighted by Gasteiger charge is -2.34. The maximum absolute atomic E-state index is 14.5. The minimum Gasteiger partial charge on any atom is -0.497 e. The Kier molecular flexibility index (Phi) is 12.0. The molecule has 2 amide bonds. The van der Waals surface area contributed by atoms with E-state index in [1.165, 1.54) is 24.1 Å². The van der Waals surface area contributed by atoms with Gasteiger partial charge in [-0.1, -0.05) is 91.7 Å². The quantitative estimate of drug-likeness (QED) is 0.157. The first-order chi connectivity index (χ1) is 21.7. The molecule has 1 N–H and O–H groups in total. The van der Waals surface area contributed by atoms with Gasteiger partial charge in [-0.15, -0.1) is 0 Å². The van der Waals surface area contributed by atoms with E-state index < -0.39 is 28.5 Å². The topological polar surface area (TPSA) is 96.0 Å². The monoisotopic (exact) mass is 647 g/mol. The predicted molar refractivity (Wildman–Crippen MR) is 178 cm³/mol. The van der Waals surface area contributed by atoms with Crippen LogP contribution in [0.25, 0.3) is 0 Å². The van der Waals surface area contributed by atoms with Crippen LogP contribution in [0.15, 0.2) is 114 Å². The van der Waals surface area contributed by atoms with Crippen LogP contribution in [0.3, 0.4) is 0 Å². The number of ether oxygens (including phenoxy) is 1. The van der Waals surface area contributed by atoms with Gasteiger partial charge in [-0.25, -0.2) is 8.42 Å². The number of rotatable bonds is 15. The zero-order valence-electron chi connectivity index (χ0n) is 25.4. The highest BCUT2D eigenvalue weighted by Crippen LogP contribution is 2.27. The summed E-state index contributed by atoms with van der Waals surface area (Å²) in [5, 5.41) is 3.42. The minimum atomic E-state index is -4.21. The molecule has 0 aliphatic carbocycles. The Morgan fingerprint density at radius 2 is 1.49 bits per heavy atom. The number of sulfonamides is 1. The van der Waals surface area contributed by atoms with Gasteiger partial charge in [0.2, 0.25) is 11.8 Å². The number of carbonyl (C=O) groups excluding carboxylic acids is 2. The molecule has 4 aromatic rings. The fraction of sp³-hybridized carbons (Fsp3) is 0.257. The van der Waals surface area contributed by atoms with Crippen molar-refractivity contribution in [1.29, 1.82) is 0 Å². The number of para-hydroxylation sites is 1. The van der Waals surface area contributed by atoms with Crippen LogP contribution in [-0.2, 0) is 32.6 Å². The highest BCUT2D eigenvalue weighted by molar-refractivity contribution is 7.92. The molecule has 0 aliphatic heterocycles. The van der Waals surface area contributed by atoms with Crippen molar-refractivity contribution in [1.82, 2.24) is 10.2 Å². The molecular formula is C35H38ClN3O5S. The molecular weight excluding hydrogens is 610 g/mol. The van der Waals surface area contributed by atoms with Gasteiger partial charge in [0.05, 0.1) is 17.7 Å². The van der Waals surface area contributed by atoms with E-state index in [1.807, 2.05) is 43.3 Å². The molecule has 10 heteroatoms. The fourth-order valence-electron chi connectivity index (χ4n) is 4.87. The van der Waals surface area contributed by atoms with Gasteiger partial charge in [0.15, 0.2) is 0 Å². The summed E-state index contributed by atoms with van der Waals surface area (Å²) in [5.41, 5.74) is 1.80. The summed E-state index contributed by atoms with van der Waals surface area (Å²) in [4.78, 5) is 29.7. The molecule has 0 aromatic heterocycles. The van der Waals surface area contributed by atoms with E-state index in [0.29, 0.717) is 28.6 Å². The summed E-state index contributed by atoms with van der Waals surface area (Å²) in [7, 11) is -2.71. The summed E-state index contributed by atoms with van der Waals surface area (Å²) in [6.07, 6.45) is 1.90. The van der Waals surface area contributed by atoms with Crippen LogP contribution in [0.1, 0.15) is 30.9 Å². The van der Waals surface area contributed by atoms with Crippen LogP contribution in [-0.4, -0.2) is 51.4 Å². The summed E-state index contributed by atoms with van der Waals surface area (Å²) in [6.45, 7) is 1.94. The van der Waals surface area contributed by atoms with Gasteiger partial charge >= 0.3 is 0 Å². The van der Waals surface area contributed by atoms with Crippen LogP contribution in [0.2, 0.25) is 5.02 Å². The highest BCUT2D eigenvalue weighted by Gasteiger charge is 2.34. The minimum absolute atomic E-state index is 0.00240. The smallest absolute Gasteiger partial charge is 0.264 e. The molecule has 0 heterocycles. The van der Waals surface area contributed by atoms with E-state index in [2.05, 4.69) is 5.32 Å². The van der Waals surface area contributed by atoms with Crippen molar-refractivity contribution in [2.24, 2.45) is 0 Å². The van der Waals surface area contributed by atoms with E-state index in [4.69, 9.17) is 16.3 Å². The molecule has 0 fully saturated rings. The SMILES string of the molecule is CCCCNC(=O)[C@H](Cc1ccccc1)N(Cc1ccccc1Cl)C(=O)CN(c1ccccc1)S(=O)(=O)c1ccc(OC)cc1. The third kappa shape index (κ3) is 8.86. The second kappa shape index (κ2) is 16.1. The third-order valence-electron chi connectivity index (χ3n) is 7.37. The van der Waals surface area contributed by atoms with Crippen LogP contribution < -0.4 is 14.4 Å². The van der Waals surface area contributed by atoms with Crippen molar-refractivity contribution < 1.29 is 22.7 Å². The lowest BCUT2D eigenvalue weighted by atomic mass is 10.0. The second-order valence-electron chi connectivity index (χ2n) is 10.5. The first-order valence-corrected chi connectivity index (χ1v) is 16.6. The molecule has 0 unspecified atom stereocenters. The van der Waals surface area contributed by atoms with Crippen molar-refractivity contribution in [3.8, 4) is 5.75 Å². The molecule has 236 valence electrons. The van der Waals surface area contributed by atoms with Crippen molar-refractivity contribution in [2.45, 2.75) is 43.7 Å². The average molecular weight is 648 g/mol. The highest BCUT2D eigenvalue weighted by atomic mass is 35.5. The van der Waals surface area contributed by atoms with Gasteiger partial charge in [-0.3, -0.25) is 13.9 Å². The Labute approximate surface area is 270 Å². The Hall–Kier alpha value is -4.34. The number of anilines is 1. The zero-order chi connectivity index (χ0) is 32.2. The first kappa shape index (κ1) is 33.6. The number of hydrogen-bond donors (Lipinski definition) is 1. The molecule has 1 atom stereocenters. The maximum atomic E-state index is 14.5. The van der Waals surface area contributed by atoms with Gasteiger partial charge in [0, 0.05) is 24.5 Å². The van der Waals surface area contributed by atoms with Crippen molar-refractivity contribution in [3.05, 3.63) is 125 Å². The molecule has 0 saturated heterocycles. The molecule has 4 aromatic carbocycles. The number of hydrogen-bond acceptors (Lipinski definition) is 5. The van der Waals surface area contributed by atoms with E-state index in [9.17, 15) is 18.0 Å². The number of amides is 2. The van der Waals surface area contributed by atoms with Gasteiger partial charge in [-0.05, 0) is 60.0 Å². The van der Waals surface area contributed by atoms with Crippen molar-refractivity contribution in [2.75, 3.05) is 24.5 Å². The van der Waals surface area contributed by atoms with Crippen LogP contribution in [0.5, 0.6) is 5.75 Å². The maximum Gasteiger partial charge on any atom is 0.264 e. The lowest BCUT2D eigenvalue weighted by Crippen LogP contribution is -2.53. The molecule has 8 nitrogen and oxygen atoms in total. The summed E-state index contributed by atoms with van der Waals surface area (Å²) < 4.78 is 34.5. The molecule has 0 saturated carbocycles. The predicted octanol–water partition coefficient (Wildman–Crippen LogP) is 6.10. The van der Waals surface area contributed by atoms with Crippen molar-refractivity contribution >= 4 is 39.1 Å². The molecule has 0 spiro atoms. The van der Waals surface area contributed by atoms with Gasteiger partial charge < -0.3 is 15.0 Å². The van der Waals surface area contributed by atoms with Gasteiger partial charge in [0.1, 0.15) is 18.3 Å². The molecule has 0 radical (unpaired) electrons. The number of methoxy groups -OCH3 is 1. The van der Waals surface area contributed by atoms with E-state index in [0.717, 1.165) is 22.7 Å². The van der Waals surface area contributed by atoms with E-state index >= 15 is 0 Å². The third-order valence-corrected chi connectivity index (χ3v) is 9.53. The number of unbranched alkanes of at least 4 members (excludes halogenated alkanes) is 1. The van der Waals surface area contributed by atoms with Crippen molar-refractivity contribution in [3.63, 3.8) is 0 Å². The Bertz CT molecular complexity index is 1650. The summed E-state index contributed by atoms with van der Waals surface area (Å²) in [6, 6.07) is 30.0. The zero-order valence-corrected chi connectivity index (χ0v) is 27.0. The molecule has 45 heavy (non-hydrogen) atoms. The standard InChI is InChI=1S/C35H38ClN3O5S/c1-3-4-23-37-35(41)33(24-27-13-7-5-8-14-27)38(25-28-15-11-12-18-32(28)36)34(40)26-39(29-16-9-6-10-17-29)45(42,43)31-21-19-30(44-2)20-22-31/h5-22,33H,3-4,23-26H2,1-2H3,(H,37,41)/t33-/m0/s1. The second-order valence-corrected chi connectivity index (χ2v) is 12.8. The van der Waals surface area contributed by atoms with Crippen LogP contribution in [0.4, 0.5) is 5.69 Å². The average Bonchev–Trinajstić information content (AvgIpc) is 3.06. The van der Waals surface area contributed by atoms with E-state index in [1.54, 1.807) is 60.7 Å². The van der Waals surface area contributed by atoms with Gasteiger partial charge in [0.25, 0.3) is 10.0 Å². The summed E-state index contributed by atoms with van der Waals surface area (Å²) in [5.74, 6) is -0.376. The number of benzene rings is 4. The van der Waals surface area contributed by atoms with Crippen LogP contribution in [0, 0.1) is 0 Å².